The first-order valence-corrected chi connectivity index (χ1v) is 8.30. The molecule has 0 saturated heterocycles. The van der Waals surface area contributed by atoms with Gasteiger partial charge in [-0.25, -0.2) is 4.39 Å². The van der Waals surface area contributed by atoms with Crippen LogP contribution in [0.15, 0.2) is 30.3 Å². The van der Waals surface area contributed by atoms with Gasteiger partial charge in [0.1, 0.15) is 5.82 Å². The minimum absolute atomic E-state index is 0.136. The first-order chi connectivity index (χ1) is 12.9. The van der Waals surface area contributed by atoms with E-state index in [0.717, 1.165) is 30.3 Å². The van der Waals surface area contributed by atoms with Gasteiger partial charge in [-0.3, -0.25) is 19.9 Å². The standard InChI is InChI=1S/C19H18F4N2O3/c1-11-8-16(12(2)13(3)24-11)18(10-25(27)28,19(21,22)23)9-17(26)14-4-6-15(20)7-5-14/h4-8H,9-10H2,1-3H3. The van der Waals surface area contributed by atoms with E-state index in [0.29, 0.717) is 5.69 Å². The van der Waals surface area contributed by atoms with Crippen LogP contribution in [0.5, 0.6) is 0 Å². The van der Waals surface area contributed by atoms with Gasteiger partial charge in [0.25, 0.3) is 0 Å². The lowest BCUT2D eigenvalue weighted by atomic mass is 9.72. The Balaban J connectivity index is 2.70. The molecule has 1 heterocycles. The van der Waals surface area contributed by atoms with E-state index < -0.39 is 41.1 Å². The zero-order valence-electron chi connectivity index (χ0n) is 15.4. The SMILES string of the molecule is Cc1cc(C(CC(=O)c2ccc(F)cc2)(C[N+](=O)[O-])C(F)(F)F)c(C)c(C)n1. The molecule has 1 aromatic carbocycles. The molecule has 1 unspecified atom stereocenters. The summed E-state index contributed by atoms with van der Waals surface area (Å²) in [5, 5.41) is 11.2. The van der Waals surface area contributed by atoms with Crippen LogP contribution in [0.4, 0.5) is 17.6 Å². The fourth-order valence-corrected chi connectivity index (χ4v) is 3.20. The van der Waals surface area contributed by atoms with Gasteiger partial charge in [0.15, 0.2) is 11.2 Å². The molecule has 1 aromatic heterocycles. The number of aryl methyl sites for hydroxylation is 2. The maximum atomic E-state index is 14.3. The number of aromatic nitrogens is 1. The number of carbonyl (C=O) groups excluding carboxylic acids is 1. The first-order valence-electron chi connectivity index (χ1n) is 8.30. The quantitative estimate of drug-likeness (QED) is 0.311. The maximum Gasteiger partial charge on any atom is 0.405 e. The van der Waals surface area contributed by atoms with Gasteiger partial charge in [-0.05, 0) is 62.2 Å². The van der Waals surface area contributed by atoms with Crippen molar-refractivity contribution in [2.24, 2.45) is 0 Å². The Kier molecular flexibility index (Phi) is 5.86. The number of pyridine rings is 1. The van der Waals surface area contributed by atoms with Crippen LogP contribution in [-0.2, 0) is 5.41 Å². The van der Waals surface area contributed by atoms with Crippen molar-refractivity contribution in [1.29, 1.82) is 0 Å². The number of hydrogen-bond acceptors (Lipinski definition) is 4. The lowest BCUT2D eigenvalue weighted by Crippen LogP contribution is -2.50. The Labute approximate surface area is 158 Å². The van der Waals surface area contributed by atoms with E-state index in [1.807, 2.05) is 0 Å². The normalized spacial score (nSPS) is 13.8. The number of rotatable bonds is 6. The van der Waals surface area contributed by atoms with Crippen molar-refractivity contribution in [2.75, 3.05) is 6.54 Å². The molecule has 0 radical (unpaired) electrons. The molecule has 5 nitrogen and oxygen atoms in total. The van der Waals surface area contributed by atoms with Gasteiger partial charge in [-0.2, -0.15) is 13.2 Å². The van der Waals surface area contributed by atoms with Crippen molar-refractivity contribution in [3.8, 4) is 0 Å². The average molecular weight is 398 g/mol. The van der Waals surface area contributed by atoms with Gasteiger partial charge >= 0.3 is 6.18 Å². The van der Waals surface area contributed by atoms with Crippen molar-refractivity contribution >= 4 is 5.78 Å². The van der Waals surface area contributed by atoms with E-state index in [9.17, 15) is 32.5 Å². The summed E-state index contributed by atoms with van der Waals surface area (Å²) in [6, 6.07) is 5.14. The number of nitro groups is 1. The third-order valence-corrected chi connectivity index (χ3v) is 4.73. The van der Waals surface area contributed by atoms with Crippen LogP contribution >= 0.6 is 0 Å². The molecular formula is C19H18F4N2O3. The van der Waals surface area contributed by atoms with Gasteiger partial charge in [0.05, 0.1) is 0 Å². The Morgan fingerprint density at radius 1 is 1.14 bits per heavy atom. The van der Waals surface area contributed by atoms with Gasteiger partial charge in [-0.15, -0.1) is 0 Å². The summed E-state index contributed by atoms with van der Waals surface area (Å²) in [5.74, 6) is -1.62. The smallest absolute Gasteiger partial charge is 0.294 e. The molecule has 2 aromatic rings. The third-order valence-electron chi connectivity index (χ3n) is 4.73. The number of ketones is 1. The lowest BCUT2D eigenvalue weighted by Gasteiger charge is -2.34. The Hall–Kier alpha value is -2.84. The second-order valence-electron chi connectivity index (χ2n) is 6.70. The summed E-state index contributed by atoms with van der Waals surface area (Å²) < 4.78 is 55.9. The second-order valence-corrected chi connectivity index (χ2v) is 6.70. The molecule has 0 aliphatic heterocycles. The van der Waals surface area contributed by atoms with Crippen molar-refractivity contribution in [3.63, 3.8) is 0 Å². The number of benzene rings is 1. The Morgan fingerprint density at radius 2 is 1.71 bits per heavy atom. The summed E-state index contributed by atoms with van der Waals surface area (Å²) in [6.45, 7) is 2.86. The summed E-state index contributed by atoms with van der Waals surface area (Å²) in [6.07, 6.45) is -6.26. The van der Waals surface area contributed by atoms with E-state index >= 15 is 0 Å². The molecule has 0 N–H and O–H groups in total. The van der Waals surface area contributed by atoms with Crippen LogP contribution in [0.1, 0.15) is 39.3 Å². The highest BCUT2D eigenvalue weighted by molar-refractivity contribution is 5.97. The van der Waals surface area contributed by atoms with E-state index in [2.05, 4.69) is 4.98 Å². The molecule has 0 fully saturated rings. The molecule has 1 atom stereocenters. The van der Waals surface area contributed by atoms with E-state index in [4.69, 9.17) is 0 Å². The minimum Gasteiger partial charge on any atom is -0.294 e. The monoisotopic (exact) mass is 398 g/mol. The Bertz CT molecular complexity index is 911. The Morgan fingerprint density at radius 3 is 2.21 bits per heavy atom. The van der Waals surface area contributed by atoms with Crippen molar-refractivity contribution in [1.82, 2.24) is 4.98 Å². The van der Waals surface area contributed by atoms with Crippen molar-refractivity contribution in [2.45, 2.75) is 38.8 Å². The molecule has 9 heteroatoms. The molecular weight excluding hydrogens is 380 g/mol. The van der Waals surface area contributed by atoms with Crippen LogP contribution in [0.2, 0.25) is 0 Å². The lowest BCUT2D eigenvalue weighted by molar-refractivity contribution is -0.501. The minimum atomic E-state index is -5.08. The highest BCUT2D eigenvalue weighted by atomic mass is 19.4. The predicted octanol–water partition coefficient (Wildman–Crippen LogP) is 4.50. The summed E-state index contributed by atoms with van der Waals surface area (Å²) in [5.41, 5.74) is -2.86. The fraction of sp³-hybridized carbons (Fsp3) is 0.368. The zero-order chi connectivity index (χ0) is 21.3. The molecule has 0 spiro atoms. The van der Waals surface area contributed by atoms with Gasteiger partial charge in [0, 0.05) is 28.3 Å². The van der Waals surface area contributed by atoms with Gasteiger partial charge < -0.3 is 0 Å². The molecule has 0 saturated carbocycles. The van der Waals surface area contributed by atoms with E-state index in [1.54, 1.807) is 0 Å². The number of alkyl halides is 3. The molecule has 0 bridgehead atoms. The topological polar surface area (TPSA) is 73.1 Å². The van der Waals surface area contributed by atoms with Crippen LogP contribution in [0, 0.1) is 36.7 Å². The number of hydrogen-bond donors (Lipinski definition) is 0. The largest absolute Gasteiger partial charge is 0.405 e. The van der Waals surface area contributed by atoms with E-state index in [-0.39, 0.29) is 22.4 Å². The average Bonchev–Trinajstić information content (AvgIpc) is 2.56. The van der Waals surface area contributed by atoms with Crippen LogP contribution in [0.25, 0.3) is 0 Å². The van der Waals surface area contributed by atoms with Crippen molar-refractivity contribution in [3.05, 3.63) is 74.3 Å². The highest BCUT2D eigenvalue weighted by Crippen LogP contribution is 2.46. The van der Waals surface area contributed by atoms with Crippen molar-refractivity contribution < 1.29 is 27.3 Å². The van der Waals surface area contributed by atoms with Crippen LogP contribution < -0.4 is 0 Å². The van der Waals surface area contributed by atoms with Gasteiger partial charge in [-0.1, -0.05) is 0 Å². The maximum absolute atomic E-state index is 14.3. The molecule has 2 rings (SSSR count). The molecule has 0 amide bonds. The fourth-order valence-electron chi connectivity index (χ4n) is 3.20. The van der Waals surface area contributed by atoms with Crippen LogP contribution in [-0.4, -0.2) is 28.4 Å². The highest BCUT2D eigenvalue weighted by Gasteiger charge is 2.61. The summed E-state index contributed by atoms with van der Waals surface area (Å²) >= 11 is 0. The first kappa shape index (κ1) is 21.5. The summed E-state index contributed by atoms with van der Waals surface area (Å²) in [4.78, 5) is 26.8. The van der Waals surface area contributed by atoms with E-state index in [1.165, 1.54) is 20.8 Å². The molecule has 0 aliphatic carbocycles. The number of carbonyl (C=O) groups is 1. The third kappa shape index (κ3) is 4.18. The van der Waals surface area contributed by atoms with Crippen LogP contribution in [0.3, 0.4) is 0 Å². The predicted molar refractivity (Wildman–Crippen MR) is 93.4 cm³/mol. The zero-order valence-corrected chi connectivity index (χ0v) is 15.4. The molecule has 0 aliphatic rings. The number of halogens is 4. The molecule has 28 heavy (non-hydrogen) atoms. The molecule has 150 valence electrons. The number of nitrogens with zero attached hydrogens (tertiary/aromatic N) is 2. The second kappa shape index (κ2) is 7.65. The summed E-state index contributed by atoms with van der Waals surface area (Å²) in [7, 11) is 0. The number of Topliss-reactive ketones (excluding diaryl/α,β-unsaturated/α-hetero) is 1. The van der Waals surface area contributed by atoms with Gasteiger partial charge in [0.2, 0.25) is 6.54 Å².